The number of fused-ring (bicyclic) bond motifs is 3. The lowest BCUT2D eigenvalue weighted by molar-refractivity contribution is -0.339. The molecular weight excluding hydrogens is 518 g/mol. The van der Waals surface area contributed by atoms with E-state index in [1.165, 1.54) is 26.4 Å². The normalized spacial score (nSPS) is 34.0. The summed E-state index contributed by atoms with van der Waals surface area (Å²) < 4.78 is 35.9. The van der Waals surface area contributed by atoms with Crippen LogP contribution in [-0.4, -0.2) is 86.6 Å². The largest absolute Gasteiger partial charge is 0.504 e. The van der Waals surface area contributed by atoms with Crippen molar-refractivity contribution < 1.29 is 43.4 Å². The smallest absolute Gasteiger partial charge is 0.331 e. The maximum absolute atomic E-state index is 13.2. The summed E-state index contributed by atoms with van der Waals surface area (Å²) in [5, 5.41) is 21.6. The SMILES string of the molecule is COc1ccc(/C=C/C(=O)O[C@H]2C[C@]34CCN(C)[C@@]35C[C@H](O[C@@]5(OC)[C@H]2OC)c2ccc(OC)c(O)c24)cc1O. The van der Waals surface area contributed by atoms with Crippen molar-refractivity contribution >= 4 is 12.0 Å². The van der Waals surface area contributed by atoms with Crippen LogP contribution in [0.3, 0.4) is 0 Å². The molecule has 3 fully saturated rings. The number of aromatic hydroxyl groups is 2. The predicted molar refractivity (Wildman–Crippen MR) is 143 cm³/mol. The van der Waals surface area contributed by atoms with Crippen LogP contribution in [0, 0.1) is 0 Å². The number of hydrogen-bond acceptors (Lipinski definition) is 10. The molecule has 1 saturated carbocycles. The number of methoxy groups -OCH3 is 4. The first-order chi connectivity index (χ1) is 19.2. The van der Waals surface area contributed by atoms with Crippen LogP contribution >= 0.6 is 0 Å². The first-order valence-electron chi connectivity index (χ1n) is 13.3. The molecular formula is C30H35NO9. The lowest BCUT2D eigenvalue weighted by atomic mass is 9.50. The van der Waals surface area contributed by atoms with E-state index in [-0.39, 0.29) is 17.6 Å². The van der Waals surface area contributed by atoms with Gasteiger partial charge in [-0.25, -0.2) is 4.79 Å². The molecule has 10 nitrogen and oxygen atoms in total. The van der Waals surface area contributed by atoms with Crippen LogP contribution in [0.4, 0.5) is 0 Å². The van der Waals surface area contributed by atoms with Crippen molar-refractivity contribution in [2.75, 3.05) is 42.0 Å². The molecule has 4 aliphatic rings. The molecule has 40 heavy (non-hydrogen) atoms. The Morgan fingerprint density at radius 3 is 2.50 bits per heavy atom. The fraction of sp³-hybridized carbons (Fsp3) is 0.500. The molecule has 0 radical (unpaired) electrons. The molecule has 2 aromatic carbocycles. The van der Waals surface area contributed by atoms with Crippen molar-refractivity contribution in [1.82, 2.24) is 4.90 Å². The minimum absolute atomic E-state index is 0.0318. The van der Waals surface area contributed by atoms with Crippen molar-refractivity contribution in [3.63, 3.8) is 0 Å². The van der Waals surface area contributed by atoms with Crippen LogP contribution < -0.4 is 9.47 Å². The summed E-state index contributed by atoms with van der Waals surface area (Å²) in [5.74, 6) is -1.08. The molecule has 6 atom stereocenters. The molecule has 214 valence electrons. The third kappa shape index (κ3) is 3.27. The average molecular weight is 554 g/mol. The second-order valence-electron chi connectivity index (χ2n) is 11.0. The number of likely N-dealkylation sites (tertiary alicyclic amines) is 1. The highest BCUT2D eigenvalue weighted by atomic mass is 16.7. The zero-order valence-electron chi connectivity index (χ0n) is 23.3. The summed E-state index contributed by atoms with van der Waals surface area (Å²) in [6.45, 7) is 0.731. The van der Waals surface area contributed by atoms with E-state index in [0.29, 0.717) is 36.3 Å². The second kappa shape index (κ2) is 9.37. The number of benzene rings is 2. The number of carbonyl (C=O) groups is 1. The molecule has 2 saturated heterocycles. The van der Waals surface area contributed by atoms with Gasteiger partial charge in [-0.15, -0.1) is 0 Å². The van der Waals surface area contributed by atoms with E-state index in [1.54, 1.807) is 38.5 Å². The number of phenolic OH excluding ortho intramolecular Hbond substituents is 2. The van der Waals surface area contributed by atoms with Gasteiger partial charge in [0.15, 0.2) is 23.0 Å². The Kier molecular flexibility index (Phi) is 6.30. The molecule has 2 bridgehead atoms. The van der Waals surface area contributed by atoms with Gasteiger partial charge in [0.1, 0.15) is 12.2 Å². The Labute approximate surface area is 233 Å². The van der Waals surface area contributed by atoms with E-state index >= 15 is 0 Å². The van der Waals surface area contributed by atoms with Crippen LogP contribution in [-0.2, 0) is 29.2 Å². The van der Waals surface area contributed by atoms with Crippen LogP contribution in [0.1, 0.15) is 42.1 Å². The van der Waals surface area contributed by atoms with Gasteiger partial charge >= 0.3 is 5.97 Å². The summed E-state index contributed by atoms with van der Waals surface area (Å²) in [4.78, 5) is 15.5. The molecule has 0 unspecified atom stereocenters. The number of phenols is 2. The summed E-state index contributed by atoms with van der Waals surface area (Å²) >= 11 is 0. The molecule has 1 spiro atoms. The molecule has 2 aliphatic heterocycles. The fourth-order valence-electron chi connectivity index (χ4n) is 8.14. The Hall–Kier alpha value is -3.31. The first kappa shape index (κ1) is 26.9. The number of rotatable bonds is 7. The van der Waals surface area contributed by atoms with E-state index in [4.69, 9.17) is 28.4 Å². The molecule has 2 aliphatic carbocycles. The maximum Gasteiger partial charge on any atom is 0.331 e. The van der Waals surface area contributed by atoms with Gasteiger partial charge in [0.2, 0.25) is 5.79 Å². The maximum atomic E-state index is 13.2. The number of esters is 1. The van der Waals surface area contributed by atoms with E-state index in [1.807, 2.05) is 6.07 Å². The molecule has 0 aromatic heterocycles. The highest BCUT2D eigenvalue weighted by Gasteiger charge is 2.83. The zero-order valence-corrected chi connectivity index (χ0v) is 23.3. The van der Waals surface area contributed by atoms with E-state index in [2.05, 4.69) is 11.9 Å². The van der Waals surface area contributed by atoms with Crippen molar-refractivity contribution in [3.8, 4) is 23.0 Å². The molecule has 10 heteroatoms. The molecule has 2 aromatic rings. The van der Waals surface area contributed by atoms with Crippen LogP contribution in [0.25, 0.3) is 6.08 Å². The van der Waals surface area contributed by atoms with Crippen molar-refractivity contribution in [1.29, 1.82) is 0 Å². The highest BCUT2D eigenvalue weighted by Crippen LogP contribution is 2.73. The molecule has 0 amide bonds. The predicted octanol–water partition coefficient (Wildman–Crippen LogP) is 3.29. The Balaban J connectivity index is 1.42. The third-order valence-corrected chi connectivity index (χ3v) is 9.61. The Morgan fingerprint density at radius 1 is 1.07 bits per heavy atom. The van der Waals surface area contributed by atoms with Gasteiger partial charge < -0.3 is 38.6 Å². The van der Waals surface area contributed by atoms with Gasteiger partial charge in [0, 0.05) is 37.7 Å². The topological polar surface area (TPSA) is 116 Å². The van der Waals surface area contributed by atoms with Gasteiger partial charge in [-0.2, -0.15) is 0 Å². The van der Waals surface area contributed by atoms with Crippen molar-refractivity contribution in [2.24, 2.45) is 0 Å². The number of nitrogens with zero attached hydrogens (tertiary/aromatic N) is 1. The summed E-state index contributed by atoms with van der Waals surface area (Å²) in [6.07, 6.45) is 2.78. The van der Waals surface area contributed by atoms with E-state index < -0.39 is 34.9 Å². The third-order valence-electron chi connectivity index (χ3n) is 9.61. The molecule has 6 rings (SSSR count). The average Bonchev–Trinajstić information content (AvgIpc) is 3.45. The van der Waals surface area contributed by atoms with Crippen LogP contribution in [0.5, 0.6) is 23.0 Å². The van der Waals surface area contributed by atoms with Gasteiger partial charge in [-0.3, -0.25) is 4.90 Å². The van der Waals surface area contributed by atoms with Crippen molar-refractivity contribution in [3.05, 3.63) is 53.1 Å². The van der Waals surface area contributed by atoms with Crippen molar-refractivity contribution in [2.45, 2.75) is 54.3 Å². The van der Waals surface area contributed by atoms with E-state index in [0.717, 1.165) is 17.7 Å². The summed E-state index contributed by atoms with van der Waals surface area (Å²) in [7, 11) is 8.22. The molecule has 2 heterocycles. The fourth-order valence-corrected chi connectivity index (χ4v) is 8.14. The number of carbonyl (C=O) groups excluding carboxylic acids is 1. The monoisotopic (exact) mass is 553 g/mol. The number of likely N-dealkylation sites (N-methyl/N-ethyl adjacent to an activating group) is 1. The molecule has 2 N–H and O–H groups in total. The second-order valence-corrected chi connectivity index (χ2v) is 11.0. The Morgan fingerprint density at radius 2 is 1.82 bits per heavy atom. The first-order valence-corrected chi connectivity index (χ1v) is 13.3. The van der Waals surface area contributed by atoms with Gasteiger partial charge in [-0.1, -0.05) is 12.1 Å². The van der Waals surface area contributed by atoms with Gasteiger partial charge in [0.25, 0.3) is 0 Å². The van der Waals surface area contributed by atoms with Gasteiger partial charge in [-0.05, 0) is 61.8 Å². The lowest BCUT2D eigenvalue weighted by Crippen LogP contribution is -2.77. The summed E-state index contributed by atoms with van der Waals surface area (Å²) in [6, 6.07) is 8.55. The summed E-state index contributed by atoms with van der Waals surface area (Å²) in [5.41, 5.74) is 0.935. The highest BCUT2D eigenvalue weighted by molar-refractivity contribution is 5.87. The van der Waals surface area contributed by atoms with Crippen LogP contribution in [0.2, 0.25) is 0 Å². The minimum Gasteiger partial charge on any atom is -0.504 e. The zero-order chi connectivity index (χ0) is 28.4. The van der Waals surface area contributed by atoms with Gasteiger partial charge in [0.05, 0.1) is 25.9 Å². The quantitative estimate of drug-likeness (QED) is 0.391. The van der Waals surface area contributed by atoms with Crippen LogP contribution in [0.15, 0.2) is 36.4 Å². The minimum atomic E-state index is -1.27. The standard InChI is InChI=1S/C30H35NO9/c1-31-13-12-28-15-23(39-24(33)11-7-17-6-9-20(35-2)19(32)14-17)27(37-4)30(38-5)29(28,31)16-22(40-30)18-8-10-21(36-3)26(34)25(18)28/h6-11,14,22-23,27,32,34H,12-13,15-16H2,1-5H3/b11-7+/t22-,23-,27-,28-,29-,30-/m0/s1. The van der Waals surface area contributed by atoms with E-state index in [9.17, 15) is 15.0 Å². The number of ether oxygens (including phenoxy) is 6. The Bertz CT molecular complexity index is 1380. The lowest BCUT2D eigenvalue weighted by Gasteiger charge is -2.61. The number of hydrogen-bond donors (Lipinski definition) is 2.